The second-order valence-corrected chi connectivity index (χ2v) is 7.63. The second-order valence-electron chi connectivity index (χ2n) is 6.77. The predicted molar refractivity (Wildman–Crippen MR) is 125 cm³/mol. The van der Waals surface area contributed by atoms with Crippen LogP contribution >= 0.6 is 15.9 Å². The molecule has 156 valence electrons. The summed E-state index contributed by atoms with van der Waals surface area (Å²) in [6.45, 7) is 2.28. The summed E-state index contributed by atoms with van der Waals surface area (Å²) in [6.07, 6.45) is 1.51. The third-order valence-corrected chi connectivity index (χ3v) is 5.31. The SMILES string of the molecule is COc1ccc(/C=C(\C#N)C(=O)Nc2ccc(C)cc2)c(OCc2ccccc2Br)c1. The molecule has 0 bridgehead atoms. The Labute approximate surface area is 190 Å². The number of halogens is 1. The number of amides is 1. The molecule has 5 nitrogen and oxygen atoms in total. The number of carbonyl (C=O) groups is 1. The number of ether oxygens (including phenoxy) is 2. The fourth-order valence-electron chi connectivity index (χ4n) is 2.80. The average Bonchev–Trinajstić information content (AvgIpc) is 2.78. The van der Waals surface area contributed by atoms with E-state index in [2.05, 4.69) is 21.2 Å². The van der Waals surface area contributed by atoms with Gasteiger partial charge < -0.3 is 14.8 Å². The van der Waals surface area contributed by atoms with Crippen LogP contribution in [0, 0.1) is 18.3 Å². The normalized spacial score (nSPS) is 10.8. The van der Waals surface area contributed by atoms with Crippen LogP contribution in [0.2, 0.25) is 0 Å². The summed E-state index contributed by atoms with van der Waals surface area (Å²) < 4.78 is 12.2. The van der Waals surface area contributed by atoms with Crippen LogP contribution < -0.4 is 14.8 Å². The van der Waals surface area contributed by atoms with Gasteiger partial charge in [-0.05, 0) is 43.3 Å². The zero-order valence-electron chi connectivity index (χ0n) is 17.2. The molecule has 0 fully saturated rings. The van der Waals surface area contributed by atoms with Crippen LogP contribution in [0.4, 0.5) is 5.69 Å². The van der Waals surface area contributed by atoms with Crippen LogP contribution in [0.3, 0.4) is 0 Å². The maximum atomic E-state index is 12.6. The molecule has 0 unspecified atom stereocenters. The highest BCUT2D eigenvalue weighted by Crippen LogP contribution is 2.29. The van der Waals surface area contributed by atoms with E-state index in [1.165, 1.54) is 6.08 Å². The van der Waals surface area contributed by atoms with E-state index >= 15 is 0 Å². The number of anilines is 1. The Bertz CT molecular complexity index is 1150. The van der Waals surface area contributed by atoms with Gasteiger partial charge in [-0.2, -0.15) is 5.26 Å². The molecule has 6 heteroatoms. The molecule has 1 amide bonds. The first-order valence-electron chi connectivity index (χ1n) is 9.54. The number of benzene rings is 3. The van der Waals surface area contributed by atoms with Crippen molar-refractivity contribution in [3.05, 3.63) is 93.5 Å². The van der Waals surface area contributed by atoms with E-state index in [0.29, 0.717) is 29.4 Å². The molecule has 3 aromatic carbocycles. The number of nitrogens with one attached hydrogen (secondary N) is 1. The number of hydrogen-bond donors (Lipinski definition) is 1. The molecule has 31 heavy (non-hydrogen) atoms. The lowest BCUT2D eigenvalue weighted by atomic mass is 10.1. The van der Waals surface area contributed by atoms with Gasteiger partial charge >= 0.3 is 0 Å². The van der Waals surface area contributed by atoms with Crippen molar-refractivity contribution in [2.75, 3.05) is 12.4 Å². The highest BCUT2D eigenvalue weighted by Gasteiger charge is 2.13. The minimum Gasteiger partial charge on any atom is -0.497 e. The molecule has 0 atom stereocenters. The Morgan fingerprint density at radius 3 is 2.55 bits per heavy atom. The standard InChI is InChI=1S/C25H21BrN2O3/c1-17-7-10-21(11-8-17)28-25(29)20(15-27)13-18-9-12-22(30-2)14-24(18)31-16-19-5-3-4-6-23(19)26/h3-14H,16H2,1-2H3,(H,28,29)/b20-13+. The highest BCUT2D eigenvalue weighted by molar-refractivity contribution is 9.10. The number of aryl methyl sites for hydroxylation is 1. The largest absolute Gasteiger partial charge is 0.497 e. The van der Waals surface area contributed by atoms with Crippen molar-refractivity contribution < 1.29 is 14.3 Å². The van der Waals surface area contributed by atoms with E-state index in [0.717, 1.165) is 15.6 Å². The van der Waals surface area contributed by atoms with Gasteiger partial charge in [-0.1, -0.05) is 51.8 Å². The molecule has 3 rings (SSSR count). The minimum atomic E-state index is -0.487. The molecular weight excluding hydrogens is 456 g/mol. The van der Waals surface area contributed by atoms with Crippen LogP contribution in [0.1, 0.15) is 16.7 Å². The lowest BCUT2D eigenvalue weighted by Gasteiger charge is -2.12. The zero-order valence-corrected chi connectivity index (χ0v) is 18.8. The van der Waals surface area contributed by atoms with E-state index in [-0.39, 0.29) is 5.57 Å². The Morgan fingerprint density at radius 2 is 1.87 bits per heavy atom. The number of nitriles is 1. The van der Waals surface area contributed by atoms with E-state index in [4.69, 9.17) is 9.47 Å². The van der Waals surface area contributed by atoms with Crippen LogP contribution in [0.15, 0.2) is 76.8 Å². The van der Waals surface area contributed by atoms with Gasteiger partial charge in [0.1, 0.15) is 29.7 Å². The second kappa shape index (κ2) is 10.5. The van der Waals surface area contributed by atoms with Gasteiger partial charge in [-0.3, -0.25) is 4.79 Å². The summed E-state index contributed by atoms with van der Waals surface area (Å²) >= 11 is 3.51. The van der Waals surface area contributed by atoms with Crippen LogP contribution in [-0.4, -0.2) is 13.0 Å². The Hall–Kier alpha value is -3.56. The Morgan fingerprint density at radius 1 is 1.13 bits per heavy atom. The predicted octanol–water partition coefficient (Wildman–Crippen LogP) is 5.89. The van der Waals surface area contributed by atoms with Gasteiger partial charge in [-0.25, -0.2) is 0 Å². The number of nitrogens with zero attached hydrogens (tertiary/aromatic N) is 1. The lowest BCUT2D eigenvalue weighted by Crippen LogP contribution is -2.13. The van der Waals surface area contributed by atoms with Gasteiger partial charge in [0.2, 0.25) is 0 Å². The van der Waals surface area contributed by atoms with Crippen molar-refractivity contribution in [2.24, 2.45) is 0 Å². The summed E-state index contributed by atoms with van der Waals surface area (Å²) in [5.41, 5.74) is 3.24. The topological polar surface area (TPSA) is 71.3 Å². The zero-order chi connectivity index (χ0) is 22.2. The van der Waals surface area contributed by atoms with Gasteiger partial charge in [0, 0.05) is 27.4 Å². The van der Waals surface area contributed by atoms with Crippen molar-refractivity contribution in [3.63, 3.8) is 0 Å². The molecular formula is C25H21BrN2O3. The van der Waals surface area contributed by atoms with E-state index in [9.17, 15) is 10.1 Å². The highest BCUT2D eigenvalue weighted by atomic mass is 79.9. The molecule has 0 saturated heterocycles. The van der Waals surface area contributed by atoms with Crippen LogP contribution in [0.5, 0.6) is 11.5 Å². The first-order valence-corrected chi connectivity index (χ1v) is 10.3. The van der Waals surface area contributed by atoms with E-state index < -0.39 is 5.91 Å². The molecule has 3 aromatic rings. The van der Waals surface area contributed by atoms with Crippen LogP contribution in [0.25, 0.3) is 6.08 Å². The van der Waals surface area contributed by atoms with E-state index in [1.807, 2.05) is 49.4 Å². The maximum absolute atomic E-state index is 12.6. The van der Waals surface area contributed by atoms with Crippen molar-refractivity contribution in [1.29, 1.82) is 5.26 Å². The molecule has 0 heterocycles. The third kappa shape index (κ3) is 5.97. The monoisotopic (exact) mass is 476 g/mol. The summed E-state index contributed by atoms with van der Waals surface area (Å²) in [5.74, 6) is 0.631. The number of methoxy groups -OCH3 is 1. The Kier molecular flexibility index (Phi) is 7.47. The van der Waals surface area contributed by atoms with Gasteiger partial charge in [0.25, 0.3) is 5.91 Å². The number of rotatable bonds is 7. The average molecular weight is 477 g/mol. The van der Waals surface area contributed by atoms with Gasteiger partial charge in [0.05, 0.1) is 7.11 Å². The summed E-state index contributed by atoms with van der Waals surface area (Å²) in [4.78, 5) is 12.6. The Balaban J connectivity index is 1.86. The lowest BCUT2D eigenvalue weighted by molar-refractivity contribution is -0.112. The van der Waals surface area contributed by atoms with Crippen molar-refractivity contribution in [3.8, 4) is 17.6 Å². The van der Waals surface area contributed by atoms with E-state index in [1.54, 1.807) is 37.4 Å². The van der Waals surface area contributed by atoms with Crippen molar-refractivity contribution >= 4 is 33.6 Å². The molecule has 0 aliphatic carbocycles. The molecule has 0 aliphatic rings. The summed E-state index contributed by atoms with van der Waals surface area (Å²) in [6, 6.07) is 22.3. The molecule has 0 radical (unpaired) electrons. The smallest absolute Gasteiger partial charge is 0.266 e. The first kappa shape index (κ1) is 22.1. The minimum absolute atomic E-state index is 0.0310. The molecule has 0 aliphatic heterocycles. The summed E-state index contributed by atoms with van der Waals surface area (Å²) in [5, 5.41) is 12.3. The fraction of sp³-hybridized carbons (Fsp3) is 0.120. The summed E-state index contributed by atoms with van der Waals surface area (Å²) in [7, 11) is 1.57. The maximum Gasteiger partial charge on any atom is 0.266 e. The van der Waals surface area contributed by atoms with Crippen LogP contribution in [-0.2, 0) is 11.4 Å². The van der Waals surface area contributed by atoms with Gasteiger partial charge in [-0.15, -0.1) is 0 Å². The molecule has 1 N–H and O–H groups in total. The quantitative estimate of drug-likeness (QED) is 0.340. The van der Waals surface area contributed by atoms with Crippen molar-refractivity contribution in [1.82, 2.24) is 0 Å². The molecule has 0 spiro atoms. The van der Waals surface area contributed by atoms with Crippen molar-refractivity contribution in [2.45, 2.75) is 13.5 Å². The van der Waals surface area contributed by atoms with Gasteiger partial charge in [0.15, 0.2) is 0 Å². The number of hydrogen-bond acceptors (Lipinski definition) is 4. The first-order chi connectivity index (χ1) is 15.0. The fourth-order valence-corrected chi connectivity index (χ4v) is 3.20. The number of carbonyl (C=O) groups excluding carboxylic acids is 1. The third-order valence-electron chi connectivity index (χ3n) is 4.54. The molecule has 0 saturated carbocycles. The molecule has 0 aromatic heterocycles.